The fraction of sp³-hybridized carbons (Fsp3) is 0.875. The first-order valence-corrected chi connectivity index (χ1v) is 7.57. The Hall–Kier alpha value is -1.12. The van der Waals surface area contributed by atoms with Gasteiger partial charge in [0.05, 0.1) is 6.07 Å². The third-order valence-corrected chi connectivity index (χ3v) is 3.08. The van der Waals surface area contributed by atoms with Crippen LogP contribution in [-0.4, -0.2) is 34.2 Å². The molecule has 0 fully saturated rings. The minimum atomic E-state index is -0.992. The number of nitriles is 1. The van der Waals surface area contributed by atoms with Gasteiger partial charge in [0.15, 0.2) is 5.60 Å². The van der Waals surface area contributed by atoms with Crippen LogP contribution in [0, 0.1) is 11.3 Å². The van der Waals surface area contributed by atoms with Crippen LogP contribution in [0.25, 0.3) is 0 Å². The van der Waals surface area contributed by atoms with Crippen molar-refractivity contribution in [3.63, 3.8) is 0 Å². The number of carbonyl (C=O) groups excluding carboxylic acids is 1. The number of carbonyl (C=O) groups is 1. The molecule has 0 aliphatic rings. The zero-order chi connectivity index (χ0) is 16.9. The number of nitrogens with one attached hydrogen (secondary N) is 1. The summed E-state index contributed by atoms with van der Waals surface area (Å²) < 4.78 is 0. The number of amides is 1. The van der Waals surface area contributed by atoms with Crippen LogP contribution in [0.4, 0.5) is 0 Å². The number of nitrogens with zero attached hydrogens (tertiary/aromatic N) is 2. The van der Waals surface area contributed by atoms with Crippen molar-refractivity contribution in [1.82, 2.24) is 10.4 Å². The van der Waals surface area contributed by atoms with Crippen LogP contribution in [0.2, 0.25) is 0 Å². The van der Waals surface area contributed by atoms with Crippen molar-refractivity contribution >= 4 is 5.91 Å². The summed E-state index contributed by atoms with van der Waals surface area (Å²) in [5.74, 6) is -0.0976. The van der Waals surface area contributed by atoms with Gasteiger partial charge in [-0.05, 0) is 54.9 Å². The van der Waals surface area contributed by atoms with Crippen molar-refractivity contribution < 1.29 is 9.63 Å². The topological polar surface area (TPSA) is 65.4 Å². The van der Waals surface area contributed by atoms with Crippen molar-refractivity contribution in [3.05, 3.63) is 0 Å². The summed E-state index contributed by atoms with van der Waals surface area (Å²) in [6.07, 6.45) is 1.98. The number of unbranched alkanes of at least 4 members (excludes halogenated alkanes) is 1. The van der Waals surface area contributed by atoms with Gasteiger partial charge < -0.3 is 5.32 Å². The lowest BCUT2D eigenvalue weighted by atomic mass is 9.96. The molecule has 0 aliphatic heterocycles. The first-order valence-electron chi connectivity index (χ1n) is 7.57. The zero-order valence-corrected chi connectivity index (χ0v) is 14.8. The van der Waals surface area contributed by atoms with E-state index in [-0.39, 0.29) is 5.91 Å². The van der Waals surface area contributed by atoms with Crippen LogP contribution in [-0.2, 0) is 9.63 Å². The summed E-state index contributed by atoms with van der Waals surface area (Å²) in [6.45, 7) is 15.6. The van der Waals surface area contributed by atoms with Gasteiger partial charge >= 0.3 is 0 Å². The maximum absolute atomic E-state index is 12.5. The summed E-state index contributed by atoms with van der Waals surface area (Å²) >= 11 is 0. The fourth-order valence-electron chi connectivity index (χ4n) is 2.03. The number of hydroxylamine groups is 2. The fourth-order valence-corrected chi connectivity index (χ4v) is 2.03. The van der Waals surface area contributed by atoms with E-state index in [0.717, 1.165) is 12.8 Å². The molecule has 0 heterocycles. The molecule has 0 saturated heterocycles. The molecule has 122 valence electrons. The van der Waals surface area contributed by atoms with Crippen LogP contribution < -0.4 is 5.32 Å². The number of hydrogen-bond donors (Lipinski definition) is 1. The molecule has 5 nitrogen and oxygen atoms in total. The molecular formula is C16H31N3O2. The van der Waals surface area contributed by atoms with Gasteiger partial charge in [-0.3, -0.25) is 9.63 Å². The predicted octanol–water partition coefficient (Wildman–Crippen LogP) is 3.02. The monoisotopic (exact) mass is 297 g/mol. The predicted molar refractivity (Wildman–Crippen MR) is 84.4 cm³/mol. The molecule has 0 saturated carbocycles. The van der Waals surface area contributed by atoms with E-state index in [9.17, 15) is 10.1 Å². The molecule has 0 spiro atoms. The van der Waals surface area contributed by atoms with Crippen molar-refractivity contribution in [2.45, 2.75) is 84.9 Å². The average molecular weight is 297 g/mol. The second kappa shape index (κ2) is 7.24. The van der Waals surface area contributed by atoms with Crippen LogP contribution in [0.1, 0.15) is 68.2 Å². The van der Waals surface area contributed by atoms with Gasteiger partial charge in [0, 0.05) is 12.1 Å². The molecule has 0 unspecified atom stereocenters. The quantitative estimate of drug-likeness (QED) is 0.579. The molecule has 5 heteroatoms. The van der Waals surface area contributed by atoms with E-state index in [4.69, 9.17) is 4.84 Å². The Morgan fingerprint density at radius 1 is 1.19 bits per heavy atom. The first kappa shape index (κ1) is 19.9. The van der Waals surface area contributed by atoms with E-state index in [1.165, 1.54) is 0 Å². The Morgan fingerprint density at radius 2 is 1.71 bits per heavy atom. The Labute approximate surface area is 129 Å². The Bertz CT molecular complexity index is 389. The third-order valence-electron chi connectivity index (χ3n) is 3.08. The zero-order valence-electron chi connectivity index (χ0n) is 14.8. The SMILES string of the molecule is CCCCNC(=O)C(C)(C)N(OC(C)(C)C#N)C(C)(C)C. The standard InChI is InChI=1S/C16H31N3O2/c1-9-10-11-18-13(20)16(7,8)19(14(2,3)4)21-15(5,6)12-17/h9-11H2,1-8H3,(H,18,20). The van der Waals surface area contributed by atoms with E-state index >= 15 is 0 Å². The average Bonchev–Trinajstić information content (AvgIpc) is 2.34. The van der Waals surface area contributed by atoms with E-state index in [1.807, 2.05) is 34.6 Å². The van der Waals surface area contributed by atoms with Crippen LogP contribution >= 0.6 is 0 Å². The van der Waals surface area contributed by atoms with E-state index < -0.39 is 16.7 Å². The lowest BCUT2D eigenvalue weighted by Crippen LogP contribution is -2.62. The second-order valence-electron chi connectivity index (χ2n) is 7.35. The molecule has 0 aromatic carbocycles. The Morgan fingerprint density at radius 3 is 2.10 bits per heavy atom. The highest BCUT2D eigenvalue weighted by Gasteiger charge is 2.44. The molecule has 0 rings (SSSR count). The highest BCUT2D eigenvalue weighted by molar-refractivity contribution is 5.85. The Balaban J connectivity index is 5.23. The molecule has 0 radical (unpaired) electrons. The minimum Gasteiger partial charge on any atom is -0.354 e. The summed E-state index contributed by atoms with van der Waals surface area (Å²) in [7, 11) is 0. The van der Waals surface area contributed by atoms with Gasteiger partial charge in [-0.1, -0.05) is 13.3 Å². The van der Waals surface area contributed by atoms with Crippen LogP contribution in [0.15, 0.2) is 0 Å². The van der Waals surface area contributed by atoms with Gasteiger partial charge in [-0.15, -0.1) is 0 Å². The second-order valence-corrected chi connectivity index (χ2v) is 7.35. The van der Waals surface area contributed by atoms with Gasteiger partial charge in [-0.2, -0.15) is 10.3 Å². The summed E-state index contributed by atoms with van der Waals surface area (Å²) in [5.41, 5.74) is -2.28. The minimum absolute atomic E-state index is 0.0976. The number of rotatable bonds is 7. The normalized spacial score (nSPS) is 13.1. The van der Waals surface area contributed by atoms with Gasteiger partial charge in [0.1, 0.15) is 5.54 Å². The summed E-state index contributed by atoms with van der Waals surface area (Å²) in [6, 6.07) is 2.11. The summed E-state index contributed by atoms with van der Waals surface area (Å²) in [5, 5.41) is 13.8. The lowest BCUT2D eigenvalue weighted by molar-refractivity contribution is -0.293. The largest absolute Gasteiger partial charge is 0.354 e. The van der Waals surface area contributed by atoms with E-state index in [1.54, 1.807) is 18.9 Å². The molecule has 0 aliphatic carbocycles. The number of hydrogen-bond acceptors (Lipinski definition) is 4. The van der Waals surface area contributed by atoms with Gasteiger partial charge in [0.25, 0.3) is 0 Å². The maximum atomic E-state index is 12.5. The van der Waals surface area contributed by atoms with Crippen LogP contribution in [0.5, 0.6) is 0 Å². The van der Waals surface area contributed by atoms with Crippen molar-refractivity contribution in [2.75, 3.05) is 6.54 Å². The third kappa shape index (κ3) is 6.03. The highest BCUT2D eigenvalue weighted by Crippen LogP contribution is 2.29. The van der Waals surface area contributed by atoms with Gasteiger partial charge in [-0.25, -0.2) is 0 Å². The van der Waals surface area contributed by atoms with Crippen LogP contribution in [0.3, 0.4) is 0 Å². The first-order chi connectivity index (χ1) is 9.38. The molecule has 1 N–H and O–H groups in total. The molecule has 21 heavy (non-hydrogen) atoms. The lowest BCUT2D eigenvalue weighted by Gasteiger charge is -2.46. The smallest absolute Gasteiger partial charge is 0.242 e. The van der Waals surface area contributed by atoms with E-state index in [0.29, 0.717) is 6.54 Å². The van der Waals surface area contributed by atoms with Crippen molar-refractivity contribution in [2.24, 2.45) is 0 Å². The van der Waals surface area contributed by atoms with E-state index in [2.05, 4.69) is 18.3 Å². The molecule has 0 bridgehead atoms. The van der Waals surface area contributed by atoms with Gasteiger partial charge in [0.2, 0.25) is 5.91 Å². The molecule has 0 aromatic heterocycles. The molecule has 1 amide bonds. The maximum Gasteiger partial charge on any atom is 0.242 e. The Kier molecular flexibility index (Phi) is 6.85. The molecule has 0 atom stereocenters. The van der Waals surface area contributed by atoms with Crippen molar-refractivity contribution in [1.29, 1.82) is 5.26 Å². The van der Waals surface area contributed by atoms with Crippen molar-refractivity contribution in [3.8, 4) is 6.07 Å². The summed E-state index contributed by atoms with van der Waals surface area (Å²) in [4.78, 5) is 18.3. The molecular weight excluding hydrogens is 266 g/mol. The highest BCUT2D eigenvalue weighted by atomic mass is 16.7. The molecule has 0 aromatic rings.